The predicted octanol–water partition coefficient (Wildman–Crippen LogP) is 1.56. The van der Waals surface area contributed by atoms with Crippen molar-refractivity contribution in [1.29, 1.82) is 0 Å². The second-order valence-corrected chi connectivity index (χ2v) is 8.55. The lowest BCUT2D eigenvalue weighted by Gasteiger charge is -2.28. The van der Waals surface area contributed by atoms with Crippen molar-refractivity contribution in [3.8, 4) is 5.75 Å². The number of carbonyl (C=O) groups excluding carboxylic acids is 1. The van der Waals surface area contributed by atoms with Crippen LogP contribution < -0.4 is 16.3 Å². The molecule has 0 spiro atoms. The van der Waals surface area contributed by atoms with Gasteiger partial charge in [-0.1, -0.05) is 18.2 Å². The highest BCUT2D eigenvalue weighted by Crippen LogP contribution is 2.27. The Labute approximate surface area is 190 Å². The van der Waals surface area contributed by atoms with Gasteiger partial charge in [-0.15, -0.1) is 0 Å². The first-order valence-electron chi connectivity index (χ1n) is 10.4. The molecule has 0 bridgehead atoms. The standard InChI is InChI=1S/C23H28N4O6/c1-23(2,10-11-27-17-7-5-4-6-16(17)26(3)22(27)33)24-13-19(29)14-8-9-18(28)15(12-14)25-20(30)21(31)32/h4-9,12,19,24,28-29H,10-11,13H2,1-3H3,(H,25,30)(H,31,32). The minimum Gasteiger partial charge on any atom is -0.506 e. The number of aliphatic carboxylic acids is 1. The fourth-order valence-corrected chi connectivity index (χ4v) is 3.59. The number of para-hydroxylation sites is 2. The first-order valence-corrected chi connectivity index (χ1v) is 10.4. The molecule has 1 atom stereocenters. The number of carboxylic acids is 1. The number of β-amino-alcohol motifs (C(OH)–C–C–N with tert-alkyl or cyclic N) is 1. The van der Waals surface area contributed by atoms with Crippen LogP contribution in [-0.2, 0) is 23.2 Å². The number of aryl methyl sites for hydroxylation is 2. The Morgan fingerprint density at radius 2 is 1.79 bits per heavy atom. The monoisotopic (exact) mass is 456 g/mol. The summed E-state index contributed by atoms with van der Waals surface area (Å²) < 4.78 is 3.34. The van der Waals surface area contributed by atoms with E-state index in [-0.39, 0.29) is 23.7 Å². The van der Waals surface area contributed by atoms with E-state index < -0.39 is 23.5 Å². The number of nitrogens with zero attached hydrogens (tertiary/aromatic N) is 2. The molecule has 0 saturated carbocycles. The number of amides is 1. The Bertz CT molecular complexity index is 1240. The van der Waals surface area contributed by atoms with Gasteiger partial charge in [0.15, 0.2) is 0 Å². The summed E-state index contributed by atoms with van der Waals surface area (Å²) >= 11 is 0. The zero-order valence-electron chi connectivity index (χ0n) is 18.7. The van der Waals surface area contributed by atoms with Gasteiger partial charge in [0.05, 0.1) is 22.8 Å². The Morgan fingerprint density at radius 1 is 1.12 bits per heavy atom. The van der Waals surface area contributed by atoms with E-state index in [2.05, 4.69) is 10.6 Å². The average molecular weight is 456 g/mol. The first kappa shape index (κ1) is 24.0. The molecular weight excluding hydrogens is 428 g/mol. The molecule has 10 heteroatoms. The summed E-state index contributed by atoms with van der Waals surface area (Å²) in [5.74, 6) is -3.29. The van der Waals surface area contributed by atoms with Crippen LogP contribution in [0.2, 0.25) is 0 Å². The van der Waals surface area contributed by atoms with Gasteiger partial charge < -0.3 is 26.0 Å². The number of aliphatic hydroxyl groups is 1. The highest BCUT2D eigenvalue weighted by atomic mass is 16.4. The summed E-state index contributed by atoms with van der Waals surface area (Å²) in [5, 5.41) is 34.5. The topological polar surface area (TPSA) is 146 Å². The van der Waals surface area contributed by atoms with Gasteiger partial charge in [-0.05, 0) is 50.1 Å². The number of carbonyl (C=O) groups is 2. The molecule has 3 aromatic rings. The van der Waals surface area contributed by atoms with Gasteiger partial charge in [0, 0.05) is 25.7 Å². The van der Waals surface area contributed by atoms with Crippen LogP contribution in [0.3, 0.4) is 0 Å². The molecule has 3 rings (SSSR count). The smallest absolute Gasteiger partial charge is 0.394 e. The first-order chi connectivity index (χ1) is 15.5. The van der Waals surface area contributed by atoms with Crippen LogP contribution in [0.15, 0.2) is 47.3 Å². The fourth-order valence-electron chi connectivity index (χ4n) is 3.59. The van der Waals surface area contributed by atoms with Crippen LogP contribution in [0.5, 0.6) is 5.75 Å². The number of anilines is 1. The highest BCUT2D eigenvalue weighted by molar-refractivity contribution is 6.36. The van der Waals surface area contributed by atoms with E-state index in [4.69, 9.17) is 5.11 Å². The lowest BCUT2D eigenvalue weighted by atomic mass is 9.99. The van der Waals surface area contributed by atoms with Gasteiger partial charge in [0.1, 0.15) is 5.75 Å². The number of phenols is 1. The number of hydrogen-bond donors (Lipinski definition) is 5. The maximum atomic E-state index is 12.6. The van der Waals surface area contributed by atoms with Crippen molar-refractivity contribution in [2.24, 2.45) is 7.05 Å². The lowest BCUT2D eigenvalue weighted by molar-refractivity contribution is -0.147. The Hall–Kier alpha value is -3.63. The van der Waals surface area contributed by atoms with E-state index in [1.807, 2.05) is 38.1 Å². The molecule has 0 saturated heterocycles. The number of benzene rings is 2. The van der Waals surface area contributed by atoms with E-state index in [9.17, 15) is 24.6 Å². The second kappa shape index (κ2) is 9.47. The van der Waals surface area contributed by atoms with Crippen molar-refractivity contribution in [2.45, 2.75) is 38.5 Å². The van der Waals surface area contributed by atoms with E-state index in [0.29, 0.717) is 18.5 Å². The van der Waals surface area contributed by atoms with Gasteiger partial charge in [0.25, 0.3) is 0 Å². The zero-order valence-corrected chi connectivity index (χ0v) is 18.7. The Kier molecular flexibility index (Phi) is 6.89. The number of fused-ring (bicyclic) bond motifs is 1. The number of hydrogen-bond acceptors (Lipinski definition) is 6. The average Bonchev–Trinajstić information content (AvgIpc) is 3.02. The van der Waals surface area contributed by atoms with Crippen LogP contribution in [0.1, 0.15) is 31.9 Å². The lowest BCUT2D eigenvalue weighted by Crippen LogP contribution is -2.43. The molecule has 1 heterocycles. The molecule has 5 N–H and O–H groups in total. The van der Waals surface area contributed by atoms with Gasteiger partial charge in [-0.25, -0.2) is 9.59 Å². The van der Waals surface area contributed by atoms with Crippen molar-refractivity contribution in [1.82, 2.24) is 14.5 Å². The van der Waals surface area contributed by atoms with Crippen molar-refractivity contribution >= 4 is 28.6 Å². The van der Waals surface area contributed by atoms with E-state index in [1.54, 1.807) is 16.2 Å². The van der Waals surface area contributed by atoms with Gasteiger partial charge in [-0.3, -0.25) is 13.9 Å². The van der Waals surface area contributed by atoms with Crippen LogP contribution in [0.4, 0.5) is 5.69 Å². The summed E-state index contributed by atoms with van der Waals surface area (Å²) in [7, 11) is 1.74. The SMILES string of the molecule is Cn1c(=O)n(CCC(C)(C)NCC(O)c2ccc(O)c(NC(=O)C(=O)O)c2)c2ccccc21. The van der Waals surface area contributed by atoms with Crippen molar-refractivity contribution in [3.05, 3.63) is 58.5 Å². The molecule has 1 unspecified atom stereocenters. The van der Waals surface area contributed by atoms with Crippen LogP contribution >= 0.6 is 0 Å². The molecule has 2 aromatic carbocycles. The minimum atomic E-state index is -1.69. The normalized spacial score (nSPS) is 12.6. The zero-order chi connectivity index (χ0) is 24.3. The number of aromatic nitrogens is 2. The number of nitrogens with one attached hydrogen (secondary N) is 2. The van der Waals surface area contributed by atoms with Crippen LogP contribution in [0.25, 0.3) is 11.0 Å². The second-order valence-electron chi connectivity index (χ2n) is 8.55. The quantitative estimate of drug-likeness (QED) is 0.255. The maximum absolute atomic E-state index is 12.6. The molecule has 176 valence electrons. The summed E-state index contributed by atoms with van der Waals surface area (Å²) in [6.45, 7) is 4.58. The summed E-state index contributed by atoms with van der Waals surface area (Å²) in [4.78, 5) is 34.7. The number of aromatic hydroxyl groups is 1. The van der Waals surface area contributed by atoms with Gasteiger partial charge in [0.2, 0.25) is 0 Å². The van der Waals surface area contributed by atoms with Gasteiger partial charge >= 0.3 is 17.6 Å². The number of carboxylic acid groups (broad SMARTS) is 1. The molecular formula is C23H28N4O6. The maximum Gasteiger partial charge on any atom is 0.394 e. The van der Waals surface area contributed by atoms with Crippen LogP contribution in [-0.4, -0.2) is 48.4 Å². The minimum absolute atomic E-state index is 0.0907. The third kappa shape index (κ3) is 5.41. The number of phenolic OH excluding ortho intramolecular Hbond substituents is 1. The van der Waals surface area contributed by atoms with E-state index >= 15 is 0 Å². The van der Waals surface area contributed by atoms with Crippen molar-refractivity contribution in [2.75, 3.05) is 11.9 Å². The molecule has 0 radical (unpaired) electrons. The predicted molar refractivity (Wildman–Crippen MR) is 123 cm³/mol. The number of aliphatic hydroxyl groups excluding tert-OH is 1. The molecule has 0 aliphatic carbocycles. The highest BCUT2D eigenvalue weighted by Gasteiger charge is 2.22. The molecule has 33 heavy (non-hydrogen) atoms. The summed E-state index contributed by atoms with van der Waals surface area (Å²) in [6.07, 6.45) is -0.367. The molecule has 1 amide bonds. The molecule has 0 fully saturated rings. The van der Waals surface area contributed by atoms with E-state index in [0.717, 1.165) is 11.0 Å². The fraction of sp³-hybridized carbons (Fsp3) is 0.348. The largest absolute Gasteiger partial charge is 0.506 e. The molecule has 10 nitrogen and oxygen atoms in total. The summed E-state index contributed by atoms with van der Waals surface area (Å²) in [6, 6.07) is 11.7. The Morgan fingerprint density at radius 3 is 2.45 bits per heavy atom. The number of rotatable bonds is 8. The summed E-state index contributed by atoms with van der Waals surface area (Å²) in [5.41, 5.74) is 1.50. The van der Waals surface area contributed by atoms with E-state index in [1.165, 1.54) is 18.2 Å². The van der Waals surface area contributed by atoms with Crippen LogP contribution in [0, 0.1) is 0 Å². The van der Waals surface area contributed by atoms with Gasteiger partial charge in [-0.2, -0.15) is 0 Å². The third-order valence-corrected chi connectivity index (χ3v) is 5.63. The Balaban J connectivity index is 1.65. The molecule has 0 aliphatic rings. The van der Waals surface area contributed by atoms with Crippen molar-refractivity contribution in [3.63, 3.8) is 0 Å². The molecule has 0 aliphatic heterocycles. The third-order valence-electron chi connectivity index (χ3n) is 5.63. The number of imidazole rings is 1. The molecule has 1 aromatic heterocycles. The van der Waals surface area contributed by atoms with Crippen molar-refractivity contribution < 1.29 is 24.9 Å².